The fourth-order valence-corrected chi connectivity index (χ4v) is 3.01. The SMILES string of the molecule is CCCCCC(CSc1ccc(C)cc1)NCC. The van der Waals surface area contributed by atoms with E-state index in [4.69, 9.17) is 0 Å². The van der Waals surface area contributed by atoms with Crippen LogP contribution in [0.15, 0.2) is 29.2 Å². The molecular weight excluding hydrogens is 238 g/mol. The van der Waals surface area contributed by atoms with E-state index in [0.717, 1.165) is 6.54 Å². The first-order valence-corrected chi connectivity index (χ1v) is 8.17. The zero-order chi connectivity index (χ0) is 13.2. The standard InChI is InChI=1S/C16H27NS/c1-4-6-7-8-15(17-5-2)13-18-16-11-9-14(3)10-12-16/h9-12,15,17H,4-8,13H2,1-3H3. The molecule has 1 aromatic carbocycles. The molecule has 102 valence electrons. The molecule has 2 heteroatoms. The summed E-state index contributed by atoms with van der Waals surface area (Å²) in [4.78, 5) is 1.39. The molecule has 1 rings (SSSR count). The maximum atomic E-state index is 3.60. The first-order valence-electron chi connectivity index (χ1n) is 7.19. The summed E-state index contributed by atoms with van der Waals surface area (Å²) in [5.41, 5.74) is 1.34. The lowest BCUT2D eigenvalue weighted by Gasteiger charge is -2.17. The first kappa shape index (κ1) is 15.6. The summed E-state index contributed by atoms with van der Waals surface area (Å²) in [6.45, 7) is 7.68. The highest BCUT2D eigenvalue weighted by Gasteiger charge is 2.07. The molecule has 1 aromatic rings. The zero-order valence-electron chi connectivity index (χ0n) is 12.0. The lowest BCUT2D eigenvalue weighted by atomic mass is 10.1. The molecule has 0 fully saturated rings. The smallest absolute Gasteiger partial charge is 0.0161 e. The zero-order valence-corrected chi connectivity index (χ0v) is 12.9. The third kappa shape index (κ3) is 6.46. The molecule has 1 nitrogen and oxygen atoms in total. The number of unbranched alkanes of at least 4 members (excludes halogenated alkanes) is 2. The van der Waals surface area contributed by atoms with E-state index in [-0.39, 0.29) is 0 Å². The number of benzene rings is 1. The molecule has 1 N–H and O–H groups in total. The second-order valence-electron chi connectivity index (χ2n) is 4.87. The summed E-state index contributed by atoms with van der Waals surface area (Å²) in [7, 11) is 0. The summed E-state index contributed by atoms with van der Waals surface area (Å²) < 4.78 is 0. The van der Waals surface area contributed by atoms with Crippen LogP contribution in [0.2, 0.25) is 0 Å². The number of aryl methyl sites for hydroxylation is 1. The minimum atomic E-state index is 0.660. The number of hydrogen-bond donors (Lipinski definition) is 1. The molecule has 0 aliphatic heterocycles. The maximum Gasteiger partial charge on any atom is 0.0161 e. The highest BCUT2D eigenvalue weighted by atomic mass is 32.2. The van der Waals surface area contributed by atoms with Crippen LogP contribution in [0.3, 0.4) is 0 Å². The van der Waals surface area contributed by atoms with Gasteiger partial charge >= 0.3 is 0 Å². The van der Waals surface area contributed by atoms with E-state index in [9.17, 15) is 0 Å². The molecule has 0 spiro atoms. The average Bonchev–Trinajstić information content (AvgIpc) is 2.38. The van der Waals surface area contributed by atoms with Gasteiger partial charge < -0.3 is 5.32 Å². The van der Waals surface area contributed by atoms with Crippen LogP contribution in [-0.2, 0) is 0 Å². The molecule has 1 unspecified atom stereocenters. The molecule has 0 heterocycles. The molecule has 0 radical (unpaired) electrons. The van der Waals surface area contributed by atoms with Crippen LogP contribution in [0.4, 0.5) is 0 Å². The van der Waals surface area contributed by atoms with Gasteiger partial charge in [0.2, 0.25) is 0 Å². The Morgan fingerprint density at radius 2 is 1.83 bits per heavy atom. The second-order valence-corrected chi connectivity index (χ2v) is 5.97. The summed E-state index contributed by atoms with van der Waals surface area (Å²) in [5, 5.41) is 3.60. The van der Waals surface area contributed by atoms with E-state index < -0.39 is 0 Å². The molecule has 0 aliphatic carbocycles. The van der Waals surface area contributed by atoms with Gasteiger partial charge in [0.1, 0.15) is 0 Å². The Balaban J connectivity index is 2.33. The van der Waals surface area contributed by atoms with Gasteiger partial charge in [-0.3, -0.25) is 0 Å². The van der Waals surface area contributed by atoms with Crippen LogP contribution in [-0.4, -0.2) is 18.3 Å². The van der Waals surface area contributed by atoms with Crippen molar-refractivity contribution < 1.29 is 0 Å². The van der Waals surface area contributed by atoms with Crippen molar-refractivity contribution in [3.05, 3.63) is 29.8 Å². The van der Waals surface area contributed by atoms with Crippen molar-refractivity contribution >= 4 is 11.8 Å². The fraction of sp³-hybridized carbons (Fsp3) is 0.625. The van der Waals surface area contributed by atoms with Crippen LogP contribution in [0.1, 0.15) is 45.1 Å². The molecule has 0 saturated carbocycles. The monoisotopic (exact) mass is 265 g/mol. The van der Waals surface area contributed by atoms with E-state index >= 15 is 0 Å². The third-order valence-electron chi connectivity index (χ3n) is 3.12. The van der Waals surface area contributed by atoms with Gasteiger partial charge in [0.25, 0.3) is 0 Å². The van der Waals surface area contributed by atoms with Gasteiger partial charge in [0, 0.05) is 16.7 Å². The van der Waals surface area contributed by atoms with E-state index in [2.05, 4.69) is 50.4 Å². The van der Waals surface area contributed by atoms with Crippen molar-refractivity contribution in [1.82, 2.24) is 5.32 Å². The van der Waals surface area contributed by atoms with Gasteiger partial charge in [-0.1, -0.05) is 50.8 Å². The Morgan fingerprint density at radius 3 is 2.44 bits per heavy atom. The summed E-state index contributed by atoms with van der Waals surface area (Å²) >= 11 is 1.97. The maximum absolute atomic E-state index is 3.60. The van der Waals surface area contributed by atoms with E-state index in [0.29, 0.717) is 6.04 Å². The lowest BCUT2D eigenvalue weighted by molar-refractivity contribution is 0.506. The van der Waals surface area contributed by atoms with Gasteiger partial charge in [-0.15, -0.1) is 11.8 Å². The largest absolute Gasteiger partial charge is 0.313 e. The predicted molar refractivity (Wildman–Crippen MR) is 83.5 cm³/mol. The van der Waals surface area contributed by atoms with Crippen molar-refractivity contribution in [2.24, 2.45) is 0 Å². The average molecular weight is 265 g/mol. The van der Waals surface area contributed by atoms with Gasteiger partial charge in [0.05, 0.1) is 0 Å². The number of hydrogen-bond acceptors (Lipinski definition) is 2. The Morgan fingerprint density at radius 1 is 1.11 bits per heavy atom. The van der Waals surface area contributed by atoms with Crippen molar-refractivity contribution in [2.45, 2.75) is 57.4 Å². The molecule has 18 heavy (non-hydrogen) atoms. The molecule has 0 aromatic heterocycles. The lowest BCUT2D eigenvalue weighted by Crippen LogP contribution is -2.31. The minimum absolute atomic E-state index is 0.660. The first-order chi connectivity index (χ1) is 8.76. The van der Waals surface area contributed by atoms with Crippen molar-refractivity contribution in [2.75, 3.05) is 12.3 Å². The molecule has 0 amide bonds. The van der Waals surface area contributed by atoms with Crippen LogP contribution in [0, 0.1) is 6.92 Å². The van der Waals surface area contributed by atoms with E-state index in [1.807, 2.05) is 11.8 Å². The number of thioether (sulfide) groups is 1. The summed E-state index contributed by atoms with van der Waals surface area (Å²) in [5.74, 6) is 1.18. The fourth-order valence-electron chi connectivity index (χ4n) is 2.01. The van der Waals surface area contributed by atoms with Gasteiger partial charge in [-0.2, -0.15) is 0 Å². The topological polar surface area (TPSA) is 12.0 Å². The minimum Gasteiger partial charge on any atom is -0.313 e. The van der Waals surface area contributed by atoms with Crippen LogP contribution in [0.5, 0.6) is 0 Å². The Kier molecular flexibility index (Phi) is 8.19. The Hall–Kier alpha value is -0.470. The number of nitrogens with one attached hydrogen (secondary N) is 1. The third-order valence-corrected chi connectivity index (χ3v) is 4.30. The molecule has 1 atom stereocenters. The van der Waals surface area contributed by atoms with Gasteiger partial charge in [0.15, 0.2) is 0 Å². The quantitative estimate of drug-likeness (QED) is 0.515. The van der Waals surface area contributed by atoms with Crippen molar-refractivity contribution in [1.29, 1.82) is 0 Å². The Labute approximate surface area is 117 Å². The Bertz CT molecular complexity index is 307. The molecular formula is C16H27NS. The van der Waals surface area contributed by atoms with E-state index in [1.165, 1.54) is 41.9 Å². The van der Waals surface area contributed by atoms with E-state index in [1.54, 1.807) is 0 Å². The van der Waals surface area contributed by atoms with Gasteiger partial charge in [-0.25, -0.2) is 0 Å². The normalized spacial score (nSPS) is 12.6. The second kappa shape index (κ2) is 9.46. The van der Waals surface area contributed by atoms with Crippen LogP contribution < -0.4 is 5.32 Å². The summed E-state index contributed by atoms with van der Waals surface area (Å²) in [6, 6.07) is 9.51. The molecule has 0 saturated heterocycles. The predicted octanol–water partition coefficient (Wildman–Crippen LogP) is 4.65. The molecule has 0 bridgehead atoms. The van der Waals surface area contributed by atoms with Crippen LogP contribution in [0.25, 0.3) is 0 Å². The highest BCUT2D eigenvalue weighted by Crippen LogP contribution is 2.20. The number of rotatable bonds is 9. The highest BCUT2D eigenvalue weighted by molar-refractivity contribution is 7.99. The van der Waals surface area contributed by atoms with Gasteiger partial charge in [-0.05, 0) is 32.0 Å². The molecule has 0 aliphatic rings. The van der Waals surface area contributed by atoms with Crippen molar-refractivity contribution in [3.8, 4) is 0 Å². The van der Waals surface area contributed by atoms with Crippen molar-refractivity contribution in [3.63, 3.8) is 0 Å². The summed E-state index contributed by atoms with van der Waals surface area (Å²) in [6.07, 6.45) is 5.32. The van der Waals surface area contributed by atoms with Crippen LogP contribution >= 0.6 is 11.8 Å².